The first-order valence-electron chi connectivity index (χ1n) is 8.34. The van der Waals surface area contributed by atoms with Gasteiger partial charge in [0.15, 0.2) is 0 Å². The van der Waals surface area contributed by atoms with Gasteiger partial charge in [-0.25, -0.2) is 4.79 Å². The van der Waals surface area contributed by atoms with Crippen molar-refractivity contribution in [2.45, 2.75) is 64.0 Å². The van der Waals surface area contributed by atoms with Crippen molar-refractivity contribution < 1.29 is 9.53 Å². The van der Waals surface area contributed by atoms with E-state index in [1.807, 2.05) is 4.90 Å². The number of fused-ring (bicyclic) bond motifs is 3. The van der Waals surface area contributed by atoms with Gasteiger partial charge in [-0.1, -0.05) is 50.5 Å². The maximum atomic E-state index is 12.2. The number of cyclic esters (lactones) is 1. The Bertz CT molecular complexity index is 500. The van der Waals surface area contributed by atoms with Crippen LogP contribution < -0.4 is 0 Å². The molecule has 0 saturated carbocycles. The molecule has 3 heteroatoms. The van der Waals surface area contributed by atoms with Crippen LogP contribution in [0.25, 0.3) is 0 Å². The highest BCUT2D eigenvalue weighted by atomic mass is 16.6. The minimum atomic E-state index is -0.110. The highest BCUT2D eigenvalue weighted by molar-refractivity contribution is 5.70. The molecule has 0 bridgehead atoms. The monoisotopic (exact) mass is 287 g/mol. The lowest BCUT2D eigenvalue weighted by molar-refractivity contribution is -0.00924. The molecule has 0 aliphatic carbocycles. The number of ether oxygens (including phenoxy) is 1. The third kappa shape index (κ3) is 3.07. The number of amides is 1. The van der Waals surface area contributed by atoms with E-state index in [1.54, 1.807) is 0 Å². The second kappa shape index (κ2) is 6.50. The standard InChI is InChI=1S/C18H25NO2/c1-2-3-4-5-9-15-13-17-16-10-7-6-8-14(16)11-12-19(17)18(20)21-15/h6-8,10,15,17H,2-5,9,11-13H2,1H3/t15-,17+/m0/s1. The maximum absolute atomic E-state index is 12.2. The molecule has 114 valence electrons. The molecule has 21 heavy (non-hydrogen) atoms. The smallest absolute Gasteiger partial charge is 0.410 e. The summed E-state index contributed by atoms with van der Waals surface area (Å²) in [6.45, 7) is 3.01. The molecule has 3 rings (SSSR count). The van der Waals surface area contributed by atoms with Crippen molar-refractivity contribution in [2.24, 2.45) is 0 Å². The van der Waals surface area contributed by atoms with E-state index in [2.05, 4.69) is 31.2 Å². The van der Waals surface area contributed by atoms with E-state index in [0.29, 0.717) is 0 Å². The van der Waals surface area contributed by atoms with Gasteiger partial charge in [0.25, 0.3) is 0 Å². The van der Waals surface area contributed by atoms with Crippen LogP contribution in [-0.4, -0.2) is 23.6 Å². The first-order chi connectivity index (χ1) is 10.3. The number of nitrogens with zero attached hydrogens (tertiary/aromatic N) is 1. The topological polar surface area (TPSA) is 29.5 Å². The molecule has 2 aliphatic heterocycles. The molecule has 1 saturated heterocycles. The van der Waals surface area contributed by atoms with Gasteiger partial charge in [0.2, 0.25) is 0 Å². The van der Waals surface area contributed by atoms with Crippen LogP contribution in [-0.2, 0) is 11.2 Å². The Morgan fingerprint density at radius 2 is 2.10 bits per heavy atom. The van der Waals surface area contributed by atoms with Gasteiger partial charge < -0.3 is 9.64 Å². The van der Waals surface area contributed by atoms with Gasteiger partial charge in [0, 0.05) is 13.0 Å². The lowest BCUT2D eigenvalue weighted by Crippen LogP contribution is -2.47. The van der Waals surface area contributed by atoms with Crippen molar-refractivity contribution in [1.29, 1.82) is 0 Å². The number of carbonyl (C=O) groups excluding carboxylic acids is 1. The predicted octanol–water partition coefficient (Wildman–Crippen LogP) is 4.47. The summed E-state index contributed by atoms with van der Waals surface area (Å²) < 4.78 is 5.64. The molecule has 1 aromatic rings. The minimum absolute atomic E-state index is 0.0989. The Labute approximate surface area is 127 Å². The van der Waals surface area contributed by atoms with Crippen LogP contribution in [0.3, 0.4) is 0 Å². The fourth-order valence-corrected chi connectivity index (χ4v) is 3.61. The normalized spacial score (nSPS) is 24.2. The van der Waals surface area contributed by atoms with E-state index in [9.17, 15) is 4.79 Å². The second-order valence-electron chi connectivity index (χ2n) is 6.25. The highest BCUT2D eigenvalue weighted by Gasteiger charge is 2.38. The Balaban J connectivity index is 1.68. The number of hydrogen-bond donors (Lipinski definition) is 0. The lowest BCUT2D eigenvalue weighted by Gasteiger charge is -2.42. The van der Waals surface area contributed by atoms with Crippen molar-refractivity contribution in [3.8, 4) is 0 Å². The first kappa shape index (κ1) is 14.4. The summed E-state index contributed by atoms with van der Waals surface area (Å²) in [7, 11) is 0. The van der Waals surface area contributed by atoms with Gasteiger partial charge >= 0.3 is 6.09 Å². The van der Waals surface area contributed by atoms with Crippen LogP contribution in [0.2, 0.25) is 0 Å². The third-order valence-electron chi connectivity index (χ3n) is 4.78. The molecule has 2 atom stereocenters. The molecule has 1 amide bonds. The molecule has 1 fully saturated rings. The fourth-order valence-electron chi connectivity index (χ4n) is 3.61. The van der Waals surface area contributed by atoms with E-state index in [-0.39, 0.29) is 18.2 Å². The number of carbonyl (C=O) groups is 1. The largest absolute Gasteiger partial charge is 0.446 e. The maximum Gasteiger partial charge on any atom is 0.410 e. The summed E-state index contributed by atoms with van der Waals surface area (Å²) in [6.07, 6.45) is 7.84. The number of rotatable bonds is 5. The van der Waals surface area contributed by atoms with Crippen LogP contribution >= 0.6 is 0 Å². The van der Waals surface area contributed by atoms with Crippen molar-refractivity contribution in [2.75, 3.05) is 6.54 Å². The van der Waals surface area contributed by atoms with Gasteiger partial charge in [-0.2, -0.15) is 0 Å². The molecular formula is C18H25NO2. The molecule has 0 unspecified atom stereocenters. The SMILES string of the molecule is CCCCCC[C@H]1C[C@@H]2c3ccccc3CCN2C(=O)O1. The summed E-state index contributed by atoms with van der Waals surface area (Å²) >= 11 is 0. The average Bonchev–Trinajstić information content (AvgIpc) is 2.51. The predicted molar refractivity (Wildman–Crippen MR) is 83.2 cm³/mol. The quantitative estimate of drug-likeness (QED) is 0.748. The molecule has 0 spiro atoms. The van der Waals surface area contributed by atoms with Gasteiger partial charge in [0.05, 0.1) is 6.04 Å². The highest BCUT2D eigenvalue weighted by Crippen LogP contribution is 2.38. The zero-order valence-corrected chi connectivity index (χ0v) is 12.9. The van der Waals surface area contributed by atoms with Gasteiger partial charge in [-0.05, 0) is 30.4 Å². The molecule has 0 radical (unpaired) electrons. The molecule has 0 aromatic heterocycles. The van der Waals surface area contributed by atoms with Crippen LogP contribution in [0.5, 0.6) is 0 Å². The van der Waals surface area contributed by atoms with Crippen LogP contribution in [0, 0.1) is 0 Å². The summed E-state index contributed by atoms with van der Waals surface area (Å²) in [5, 5.41) is 0. The van der Waals surface area contributed by atoms with Crippen LogP contribution in [0.1, 0.15) is 62.6 Å². The zero-order chi connectivity index (χ0) is 14.7. The zero-order valence-electron chi connectivity index (χ0n) is 12.9. The van der Waals surface area contributed by atoms with Gasteiger partial charge in [0.1, 0.15) is 6.10 Å². The summed E-state index contributed by atoms with van der Waals surface area (Å²) in [5.41, 5.74) is 2.73. The average molecular weight is 287 g/mol. The number of unbranched alkanes of at least 4 members (excludes halogenated alkanes) is 3. The van der Waals surface area contributed by atoms with Crippen molar-refractivity contribution in [3.05, 3.63) is 35.4 Å². The van der Waals surface area contributed by atoms with E-state index < -0.39 is 0 Å². The minimum Gasteiger partial charge on any atom is -0.446 e. The molecule has 3 nitrogen and oxygen atoms in total. The summed E-state index contributed by atoms with van der Waals surface area (Å²) in [5.74, 6) is 0. The Kier molecular flexibility index (Phi) is 4.47. The van der Waals surface area contributed by atoms with E-state index in [4.69, 9.17) is 4.74 Å². The van der Waals surface area contributed by atoms with Crippen LogP contribution in [0.4, 0.5) is 4.79 Å². The first-order valence-corrected chi connectivity index (χ1v) is 8.34. The Morgan fingerprint density at radius 1 is 1.24 bits per heavy atom. The van der Waals surface area contributed by atoms with Gasteiger partial charge in [-0.15, -0.1) is 0 Å². The van der Waals surface area contributed by atoms with Crippen molar-refractivity contribution >= 4 is 6.09 Å². The van der Waals surface area contributed by atoms with E-state index in [1.165, 1.54) is 36.8 Å². The summed E-state index contributed by atoms with van der Waals surface area (Å²) in [4.78, 5) is 14.2. The lowest BCUT2D eigenvalue weighted by atomic mass is 9.87. The van der Waals surface area contributed by atoms with E-state index in [0.717, 1.165) is 25.8 Å². The Morgan fingerprint density at radius 3 is 2.95 bits per heavy atom. The van der Waals surface area contributed by atoms with E-state index >= 15 is 0 Å². The molecule has 1 aromatic carbocycles. The third-order valence-corrected chi connectivity index (χ3v) is 4.78. The second-order valence-corrected chi connectivity index (χ2v) is 6.25. The molecule has 0 N–H and O–H groups in total. The van der Waals surface area contributed by atoms with Crippen LogP contribution in [0.15, 0.2) is 24.3 Å². The molecular weight excluding hydrogens is 262 g/mol. The van der Waals surface area contributed by atoms with Crippen molar-refractivity contribution in [1.82, 2.24) is 4.90 Å². The summed E-state index contributed by atoms with van der Waals surface area (Å²) in [6, 6.07) is 8.78. The number of benzene rings is 1. The number of hydrogen-bond acceptors (Lipinski definition) is 2. The molecule has 2 aliphatic rings. The fraction of sp³-hybridized carbons (Fsp3) is 0.611. The van der Waals surface area contributed by atoms with Gasteiger partial charge in [-0.3, -0.25) is 0 Å². The Hall–Kier alpha value is -1.51. The van der Waals surface area contributed by atoms with Crippen molar-refractivity contribution in [3.63, 3.8) is 0 Å². The molecule has 2 heterocycles.